The van der Waals surface area contributed by atoms with E-state index in [9.17, 15) is 9.59 Å². The highest BCUT2D eigenvalue weighted by molar-refractivity contribution is 5.89. The summed E-state index contributed by atoms with van der Waals surface area (Å²) in [5.74, 6) is -0.152. The van der Waals surface area contributed by atoms with Crippen molar-refractivity contribution < 1.29 is 9.59 Å². The Balaban J connectivity index is 0.00000242. The van der Waals surface area contributed by atoms with Crippen LogP contribution in [0.3, 0.4) is 0 Å². The first kappa shape index (κ1) is 18.2. The van der Waals surface area contributed by atoms with E-state index in [4.69, 9.17) is 0 Å². The number of nitrogens with one attached hydrogen (secondary N) is 2. The third kappa shape index (κ3) is 5.16. The molecule has 1 aromatic carbocycles. The van der Waals surface area contributed by atoms with E-state index in [2.05, 4.69) is 17.2 Å². The van der Waals surface area contributed by atoms with Crippen molar-refractivity contribution in [2.75, 3.05) is 19.6 Å². The minimum atomic E-state index is -0.438. The van der Waals surface area contributed by atoms with Crippen LogP contribution in [0, 0.1) is 0 Å². The van der Waals surface area contributed by atoms with Crippen molar-refractivity contribution in [3.63, 3.8) is 0 Å². The molecule has 0 radical (unpaired) electrons. The molecule has 120 valence electrons. The van der Waals surface area contributed by atoms with Gasteiger partial charge in [-0.05, 0) is 5.56 Å². The second-order valence-electron chi connectivity index (χ2n) is 5.05. The third-order valence-electron chi connectivity index (χ3n) is 3.43. The maximum atomic E-state index is 12.4. The molecule has 1 fully saturated rings. The Morgan fingerprint density at radius 3 is 2.82 bits per heavy atom. The Kier molecular flexibility index (Phi) is 7.63. The lowest BCUT2D eigenvalue weighted by Crippen LogP contribution is -2.55. The largest absolute Gasteiger partial charge is 0.353 e. The van der Waals surface area contributed by atoms with Crippen molar-refractivity contribution in [2.45, 2.75) is 19.0 Å². The minimum absolute atomic E-state index is 0. The van der Waals surface area contributed by atoms with Crippen LogP contribution in [0.25, 0.3) is 0 Å². The van der Waals surface area contributed by atoms with Gasteiger partial charge in [-0.1, -0.05) is 36.4 Å². The first-order chi connectivity index (χ1) is 10.2. The summed E-state index contributed by atoms with van der Waals surface area (Å²) < 4.78 is 0. The van der Waals surface area contributed by atoms with E-state index in [0.717, 1.165) is 5.56 Å². The van der Waals surface area contributed by atoms with Crippen molar-refractivity contribution in [3.8, 4) is 0 Å². The van der Waals surface area contributed by atoms with E-state index in [0.29, 0.717) is 26.2 Å². The number of piperazine rings is 1. The van der Waals surface area contributed by atoms with Gasteiger partial charge in [0.2, 0.25) is 11.8 Å². The molecule has 0 aromatic heterocycles. The van der Waals surface area contributed by atoms with Crippen LogP contribution in [-0.4, -0.2) is 42.4 Å². The number of nitrogens with zero attached hydrogens (tertiary/aromatic N) is 1. The van der Waals surface area contributed by atoms with Gasteiger partial charge in [0.1, 0.15) is 0 Å². The van der Waals surface area contributed by atoms with Crippen LogP contribution < -0.4 is 10.6 Å². The third-order valence-corrected chi connectivity index (χ3v) is 3.43. The topological polar surface area (TPSA) is 61.4 Å². The number of hydrogen-bond acceptors (Lipinski definition) is 3. The summed E-state index contributed by atoms with van der Waals surface area (Å²) in [6.45, 7) is 5.93. The maximum absolute atomic E-state index is 12.4. The van der Waals surface area contributed by atoms with Gasteiger partial charge in [-0.25, -0.2) is 0 Å². The highest BCUT2D eigenvalue weighted by Gasteiger charge is 2.29. The molecular weight excluding hydrogens is 302 g/mol. The van der Waals surface area contributed by atoms with Crippen molar-refractivity contribution in [3.05, 3.63) is 48.6 Å². The second-order valence-corrected chi connectivity index (χ2v) is 5.05. The molecule has 2 rings (SSSR count). The predicted octanol–water partition coefficient (Wildman–Crippen LogP) is 1.10. The summed E-state index contributed by atoms with van der Waals surface area (Å²) >= 11 is 0. The van der Waals surface area contributed by atoms with Crippen molar-refractivity contribution in [2.24, 2.45) is 0 Å². The van der Waals surface area contributed by atoms with Gasteiger partial charge in [-0.15, -0.1) is 19.0 Å². The van der Waals surface area contributed by atoms with Crippen LogP contribution in [0.15, 0.2) is 43.0 Å². The van der Waals surface area contributed by atoms with Crippen LogP contribution in [-0.2, 0) is 16.1 Å². The number of rotatable bonds is 6. The van der Waals surface area contributed by atoms with Gasteiger partial charge >= 0.3 is 0 Å². The quantitative estimate of drug-likeness (QED) is 0.771. The zero-order valence-corrected chi connectivity index (χ0v) is 13.3. The standard InChI is InChI=1S/C16H21N3O2.ClH/c1-2-8-18-15(20)11-14-16(21)19(10-9-17-14)12-13-6-4-3-5-7-13;/h2-7,14,17H,1,8-12H2,(H,18,20);1H. The number of amides is 2. The van der Waals surface area contributed by atoms with E-state index in [1.165, 1.54) is 0 Å². The molecule has 1 unspecified atom stereocenters. The first-order valence-corrected chi connectivity index (χ1v) is 7.14. The summed E-state index contributed by atoms with van der Waals surface area (Å²) in [7, 11) is 0. The van der Waals surface area contributed by atoms with Gasteiger partial charge in [-0.3, -0.25) is 9.59 Å². The highest BCUT2D eigenvalue weighted by Crippen LogP contribution is 2.10. The molecule has 0 spiro atoms. The summed E-state index contributed by atoms with van der Waals surface area (Å²) in [5.41, 5.74) is 1.10. The number of benzene rings is 1. The van der Waals surface area contributed by atoms with Crippen LogP contribution >= 0.6 is 12.4 Å². The molecular formula is C16H22ClN3O2. The molecule has 1 heterocycles. The van der Waals surface area contributed by atoms with Gasteiger partial charge < -0.3 is 15.5 Å². The summed E-state index contributed by atoms with van der Waals surface area (Å²) in [6.07, 6.45) is 1.79. The fourth-order valence-electron chi connectivity index (χ4n) is 2.36. The van der Waals surface area contributed by atoms with Crippen LogP contribution in [0.5, 0.6) is 0 Å². The highest BCUT2D eigenvalue weighted by atomic mass is 35.5. The lowest BCUT2D eigenvalue weighted by Gasteiger charge is -2.33. The summed E-state index contributed by atoms with van der Waals surface area (Å²) in [4.78, 5) is 25.9. The molecule has 5 nitrogen and oxygen atoms in total. The van der Waals surface area contributed by atoms with Crippen LogP contribution in [0.1, 0.15) is 12.0 Å². The lowest BCUT2D eigenvalue weighted by molar-refractivity contribution is -0.138. The van der Waals surface area contributed by atoms with E-state index < -0.39 is 6.04 Å². The van der Waals surface area contributed by atoms with E-state index in [1.54, 1.807) is 11.0 Å². The van der Waals surface area contributed by atoms with Crippen molar-refractivity contribution >= 4 is 24.2 Å². The van der Waals surface area contributed by atoms with Gasteiger partial charge in [0.05, 0.1) is 12.5 Å². The molecule has 2 N–H and O–H groups in total. The van der Waals surface area contributed by atoms with Crippen LogP contribution in [0.2, 0.25) is 0 Å². The van der Waals surface area contributed by atoms with Crippen molar-refractivity contribution in [1.29, 1.82) is 0 Å². The van der Waals surface area contributed by atoms with E-state index in [-0.39, 0.29) is 30.6 Å². The smallest absolute Gasteiger partial charge is 0.240 e. The van der Waals surface area contributed by atoms with Crippen molar-refractivity contribution in [1.82, 2.24) is 15.5 Å². The zero-order chi connectivity index (χ0) is 15.1. The molecule has 1 atom stereocenters. The zero-order valence-electron chi connectivity index (χ0n) is 12.5. The normalized spacial score (nSPS) is 17.5. The fraction of sp³-hybridized carbons (Fsp3) is 0.375. The molecule has 1 aliphatic rings. The summed E-state index contributed by atoms with van der Waals surface area (Å²) in [6, 6.07) is 9.44. The first-order valence-electron chi connectivity index (χ1n) is 7.14. The molecule has 0 saturated carbocycles. The van der Waals surface area contributed by atoms with Gasteiger partial charge in [0.25, 0.3) is 0 Å². The number of carbonyl (C=O) groups excluding carboxylic acids is 2. The van der Waals surface area contributed by atoms with E-state index in [1.807, 2.05) is 30.3 Å². The minimum Gasteiger partial charge on any atom is -0.353 e. The SMILES string of the molecule is C=CCNC(=O)CC1NCCN(Cc2ccccc2)C1=O.Cl. The maximum Gasteiger partial charge on any atom is 0.240 e. The monoisotopic (exact) mass is 323 g/mol. The van der Waals surface area contributed by atoms with Gasteiger partial charge in [-0.2, -0.15) is 0 Å². The second kappa shape index (κ2) is 9.23. The summed E-state index contributed by atoms with van der Waals surface area (Å²) in [5, 5.41) is 5.81. The molecule has 2 amide bonds. The average molecular weight is 324 g/mol. The van der Waals surface area contributed by atoms with Crippen LogP contribution in [0.4, 0.5) is 0 Å². The Morgan fingerprint density at radius 2 is 2.14 bits per heavy atom. The molecule has 6 heteroatoms. The van der Waals surface area contributed by atoms with Gasteiger partial charge in [0, 0.05) is 26.2 Å². The molecule has 1 aliphatic heterocycles. The molecule has 1 aromatic rings. The molecule has 1 saturated heterocycles. The lowest BCUT2D eigenvalue weighted by atomic mass is 10.1. The van der Waals surface area contributed by atoms with Gasteiger partial charge in [0.15, 0.2) is 0 Å². The molecule has 0 aliphatic carbocycles. The number of halogens is 1. The number of carbonyl (C=O) groups is 2. The Hall–Kier alpha value is -1.85. The molecule has 0 bridgehead atoms. The average Bonchev–Trinajstić information content (AvgIpc) is 2.50. The van der Waals surface area contributed by atoms with E-state index >= 15 is 0 Å². The fourth-order valence-corrected chi connectivity index (χ4v) is 2.36. The Labute approximate surface area is 137 Å². The Bertz CT molecular complexity index is 507. The molecule has 22 heavy (non-hydrogen) atoms. The predicted molar refractivity (Wildman–Crippen MR) is 88.7 cm³/mol. The Morgan fingerprint density at radius 1 is 1.41 bits per heavy atom. The number of hydrogen-bond donors (Lipinski definition) is 2.